The van der Waals surface area contributed by atoms with Gasteiger partial charge in [-0.15, -0.1) is 0 Å². The number of hydrogen-bond acceptors (Lipinski definition) is 11. The van der Waals surface area contributed by atoms with Crippen LogP contribution in [-0.4, -0.2) is 58.5 Å². The minimum Gasteiger partial charge on any atom is -0.433 e. The molecule has 12 heteroatoms. The van der Waals surface area contributed by atoms with E-state index in [0.29, 0.717) is 0 Å². The van der Waals surface area contributed by atoms with E-state index in [4.69, 9.17) is 15.6 Å². The van der Waals surface area contributed by atoms with E-state index in [2.05, 4.69) is 20.0 Å². The first-order chi connectivity index (χ1) is 12.4. The molecule has 2 saturated heterocycles. The fourth-order valence-electron chi connectivity index (χ4n) is 2.33. The van der Waals surface area contributed by atoms with Crippen LogP contribution in [0.4, 0.5) is 15.4 Å². The van der Waals surface area contributed by atoms with E-state index in [0.717, 1.165) is 10.8 Å². The third kappa shape index (κ3) is 3.34. The van der Waals surface area contributed by atoms with Crippen LogP contribution in [0.5, 0.6) is 0 Å². The van der Waals surface area contributed by atoms with E-state index in [1.165, 1.54) is 6.07 Å². The molecule has 2 N–H and O–H groups in total. The number of hydrogen-bond donors (Lipinski definition) is 2. The van der Waals surface area contributed by atoms with E-state index in [-0.39, 0.29) is 12.4 Å². The quantitative estimate of drug-likeness (QED) is 0.520. The summed E-state index contributed by atoms with van der Waals surface area (Å²) >= 11 is 0. The van der Waals surface area contributed by atoms with Crippen molar-refractivity contribution in [2.75, 3.05) is 18.7 Å². The number of carbonyl (C=O) groups is 2. The maximum Gasteiger partial charge on any atom is 0.533 e. The zero-order valence-corrected chi connectivity index (χ0v) is 12.9. The Morgan fingerprint density at radius 1 is 1.48 bits per heavy atom. The standard InChI is InChI=1S/C13H15N3O9/c1-2-21-12(19)25-15-7-3-4-16(11(18)14-7)10-9-8(6(5-17)22-10)23-13(20)24-9/h3-4,6,8-10,17H,2,5H2,1H3,(H,14,15,18)/t6-,8-,9-,10-/m1/s1/i10D. The number of nitrogens with zero attached hydrogens (tertiary/aromatic N) is 2. The predicted octanol–water partition coefficient (Wildman–Crippen LogP) is -0.463. The van der Waals surface area contributed by atoms with Gasteiger partial charge in [-0.05, 0) is 6.92 Å². The highest BCUT2D eigenvalue weighted by atomic mass is 16.8. The van der Waals surface area contributed by atoms with Crippen LogP contribution < -0.4 is 11.2 Å². The number of aliphatic hydroxyl groups is 1. The van der Waals surface area contributed by atoms with E-state index in [9.17, 15) is 19.5 Å². The van der Waals surface area contributed by atoms with Crippen LogP contribution >= 0.6 is 0 Å². The SMILES string of the molecule is [2H][C@@]1(n2ccc(NOC(=O)OCC)nc2=O)O[C@H](CO)[C@H]2OC(=O)O[C@H]21. The third-order valence-electron chi connectivity index (χ3n) is 3.36. The van der Waals surface area contributed by atoms with E-state index in [1.807, 2.05) is 0 Å². The largest absolute Gasteiger partial charge is 0.533 e. The highest BCUT2D eigenvalue weighted by molar-refractivity contribution is 5.63. The second-order valence-corrected chi connectivity index (χ2v) is 4.90. The lowest BCUT2D eigenvalue weighted by Gasteiger charge is -2.17. The molecule has 0 bridgehead atoms. The van der Waals surface area contributed by atoms with Crippen molar-refractivity contribution >= 4 is 18.1 Å². The number of nitrogens with one attached hydrogen (secondary N) is 1. The molecular formula is C13H15N3O9. The summed E-state index contributed by atoms with van der Waals surface area (Å²) in [6, 6.07) is 1.22. The molecule has 3 rings (SSSR count). The van der Waals surface area contributed by atoms with Gasteiger partial charge >= 0.3 is 18.0 Å². The Labute approximate surface area is 141 Å². The van der Waals surface area contributed by atoms with Crippen molar-refractivity contribution in [3.63, 3.8) is 0 Å². The van der Waals surface area contributed by atoms with Crippen LogP contribution in [0.25, 0.3) is 0 Å². The van der Waals surface area contributed by atoms with E-state index >= 15 is 0 Å². The summed E-state index contributed by atoms with van der Waals surface area (Å²) in [6.45, 7) is 1.14. The summed E-state index contributed by atoms with van der Waals surface area (Å²) in [7, 11) is 0. The number of ether oxygens (including phenoxy) is 4. The van der Waals surface area contributed by atoms with Crippen molar-refractivity contribution < 1.29 is 39.9 Å². The summed E-state index contributed by atoms with van der Waals surface area (Å²) < 4.78 is 28.8. The normalized spacial score (nSPS) is 30.7. The molecule has 0 aliphatic carbocycles. The average molecular weight is 358 g/mol. The number of anilines is 1. The smallest absolute Gasteiger partial charge is 0.433 e. The molecule has 0 spiro atoms. The van der Waals surface area contributed by atoms with Crippen LogP contribution in [0.1, 0.15) is 14.5 Å². The lowest BCUT2D eigenvalue weighted by molar-refractivity contribution is -0.0735. The molecule has 25 heavy (non-hydrogen) atoms. The van der Waals surface area contributed by atoms with Gasteiger partial charge in [-0.2, -0.15) is 10.5 Å². The van der Waals surface area contributed by atoms with Crippen LogP contribution in [0.3, 0.4) is 0 Å². The van der Waals surface area contributed by atoms with Crippen LogP contribution in [-0.2, 0) is 23.8 Å². The fraction of sp³-hybridized carbons (Fsp3) is 0.538. The lowest BCUT2D eigenvalue weighted by Crippen LogP contribution is -2.34. The summed E-state index contributed by atoms with van der Waals surface area (Å²) in [5.74, 6) is -0.129. The minimum atomic E-state index is -2.19. The molecule has 4 atom stereocenters. The molecule has 12 nitrogen and oxygen atoms in total. The van der Waals surface area contributed by atoms with Gasteiger partial charge in [0.05, 0.1) is 14.6 Å². The van der Waals surface area contributed by atoms with E-state index < -0.39 is 49.1 Å². The summed E-state index contributed by atoms with van der Waals surface area (Å²) in [6.07, 6.45) is -6.46. The molecule has 0 saturated carbocycles. The van der Waals surface area contributed by atoms with Crippen molar-refractivity contribution in [3.8, 4) is 0 Å². The summed E-state index contributed by atoms with van der Waals surface area (Å²) in [4.78, 5) is 42.8. The Morgan fingerprint density at radius 3 is 2.92 bits per heavy atom. The van der Waals surface area contributed by atoms with Crippen molar-refractivity contribution in [1.82, 2.24) is 9.55 Å². The highest BCUT2D eigenvalue weighted by Crippen LogP contribution is 2.36. The zero-order chi connectivity index (χ0) is 18.9. The molecule has 0 unspecified atom stereocenters. The molecule has 0 radical (unpaired) electrons. The van der Waals surface area contributed by atoms with Crippen molar-refractivity contribution in [2.24, 2.45) is 0 Å². The van der Waals surface area contributed by atoms with Crippen LogP contribution in [0.15, 0.2) is 17.1 Å². The summed E-state index contributed by atoms with van der Waals surface area (Å²) in [5, 5.41) is 9.33. The van der Waals surface area contributed by atoms with Crippen molar-refractivity contribution in [2.45, 2.75) is 31.4 Å². The topological polar surface area (TPSA) is 147 Å². The molecule has 0 aromatic carbocycles. The monoisotopic (exact) mass is 358 g/mol. The lowest BCUT2D eigenvalue weighted by atomic mass is 10.1. The first-order valence-electron chi connectivity index (χ1n) is 7.74. The van der Waals surface area contributed by atoms with Gasteiger partial charge in [-0.3, -0.25) is 4.57 Å². The minimum absolute atomic E-state index is 0.101. The third-order valence-corrected chi connectivity index (χ3v) is 3.36. The number of carbonyl (C=O) groups excluding carboxylic acids is 2. The number of rotatable bonds is 5. The first kappa shape index (κ1) is 15.7. The molecule has 1 aromatic heterocycles. The summed E-state index contributed by atoms with van der Waals surface area (Å²) in [5.41, 5.74) is 1.16. The molecule has 2 aliphatic heterocycles. The Kier molecular flexibility index (Phi) is 4.35. The molecule has 1 aromatic rings. The Balaban J connectivity index is 1.82. The molecule has 3 heterocycles. The van der Waals surface area contributed by atoms with E-state index in [1.54, 1.807) is 6.92 Å². The molecule has 136 valence electrons. The van der Waals surface area contributed by atoms with Gasteiger partial charge < -0.3 is 28.9 Å². The fourth-order valence-corrected chi connectivity index (χ4v) is 2.33. The molecule has 0 amide bonds. The van der Waals surface area contributed by atoms with Gasteiger partial charge in [0.1, 0.15) is 6.10 Å². The Hall–Kier alpha value is -2.86. The predicted molar refractivity (Wildman–Crippen MR) is 76.4 cm³/mol. The van der Waals surface area contributed by atoms with Crippen LogP contribution in [0, 0.1) is 0 Å². The average Bonchev–Trinajstić information content (AvgIpc) is 3.11. The number of aliphatic hydroxyl groups excluding tert-OH is 1. The number of aromatic nitrogens is 2. The number of fused-ring (bicyclic) bond motifs is 1. The Bertz CT molecular complexity index is 771. The zero-order valence-electron chi connectivity index (χ0n) is 13.9. The maximum absolute atomic E-state index is 12.3. The molecule has 2 aliphatic rings. The van der Waals surface area contributed by atoms with Gasteiger partial charge in [0.25, 0.3) is 0 Å². The Morgan fingerprint density at radius 2 is 2.24 bits per heavy atom. The van der Waals surface area contributed by atoms with Crippen molar-refractivity contribution in [1.29, 1.82) is 0 Å². The highest BCUT2D eigenvalue weighted by Gasteiger charge is 2.55. The first-order valence-corrected chi connectivity index (χ1v) is 7.24. The second-order valence-electron chi connectivity index (χ2n) is 4.90. The van der Waals surface area contributed by atoms with Gasteiger partial charge in [0, 0.05) is 12.3 Å². The van der Waals surface area contributed by atoms with Crippen molar-refractivity contribution in [3.05, 3.63) is 22.7 Å². The molecular weight excluding hydrogens is 342 g/mol. The van der Waals surface area contributed by atoms with Gasteiger partial charge in [-0.25, -0.2) is 14.4 Å². The molecule has 2 fully saturated rings. The van der Waals surface area contributed by atoms with Gasteiger partial charge in [-0.1, -0.05) is 0 Å². The van der Waals surface area contributed by atoms with Crippen LogP contribution in [0.2, 0.25) is 0 Å². The maximum atomic E-state index is 12.3. The second kappa shape index (κ2) is 6.94. The van der Waals surface area contributed by atoms with Gasteiger partial charge in [0.15, 0.2) is 24.2 Å². The van der Waals surface area contributed by atoms with Gasteiger partial charge in [0.2, 0.25) is 0 Å².